The molecule has 1 aliphatic rings. The smallest absolute Gasteiger partial charge is 0.0173 e. The molecule has 18 heavy (non-hydrogen) atoms. The van der Waals surface area contributed by atoms with Crippen LogP contribution in [0.1, 0.15) is 72.6 Å². The highest BCUT2D eigenvalue weighted by molar-refractivity contribution is 4.92. The van der Waals surface area contributed by atoms with Gasteiger partial charge in [-0.05, 0) is 50.5 Å². The topological polar surface area (TPSA) is 24.1 Å². The maximum Gasteiger partial charge on any atom is 0.0173 e. The van der Waals surface area contributed by atoms with Crippen LogP contribution in [0.5, 0.6) is 0 Å². The van der Waals surface area contributed by atoms with Crippen molar-refractivity contribution in [2.75, 3.05) is 19.6 Å². The maximum atomic E-state index is 3.94. The average Bonchev–Trinajstić information content (AvgIpc) is 2.42. The molecule has 1 aliphatic heterocycles. The fraction of sp³-hybridized carbons (Fsp3) is 1.00. The van der Waals surface area contributed by atoms with Crippen molar-refractivity contribution in [2.45, 2.75) is 78.2 Å². The van der Waals surface area contributed by atoms with Crippen molar-refractivity contribution in [2.24, 2.45) is 5.41 Å². The number of rotatable bonds is 8. The summed E-state index contributed by atoms with van der Waals surface area (Å²) in [5, 5.41) is 7.55. The van der Waals surface area contributed by atoms with Crippen LogP contribution in [-0.4, -0.2) is 25.2 Å². The van der Waals surface area contributed by atoms with E-state index >= 15 is 0 Å². The summed E-state index contributed by atoms with van der Waals surface area (Å²) in [4.78, 5) is 0. The maximum absolute atomic E-state index is 3.94. The number of nitrogens with one attached hydrogen (secondary N) is 2. The van der Waals surface area contributed by atoms with E-state index in [2.05, 4.69) is 38.3 Å². The Morgan fingerprint density at radius 1 is 1.11 bits per heavy atom. The lowest BCUT2D eigenvalue weighted by atomic mass is 9.76. The summed E-state index contributed by atoms with van der Waals surface area (Å²) in [5.74, 6) is 0. The molecule has 0 radical (unpaired) electrons. The normalized spacial score (nSPS) is 25.3. The largest absolute Gasteiger partial charge is 0.316 e. The second kappa shape index (κ2) is 7.49. The van der Waals surface area contributed by atoms with Crippen LogP contribution in [0, 0.1) is 5.41 Å². The minimum Gasteiger partial charge on any atom is -0.316 e. The van der Waals surface area contributed by atoms with Gasteiger partial charge in [-0.25, -0.2) is 0 Å². The fourth-order valence-electron chi connectivity index (χ4n) is 3.51. The van der Waals surface area contributed by atoms with Gasteiger partial charge >= 0.3 is 0 Å². The van der Waals surface area contributed by atoms with Gasteiger partial charge in [0, 0.05) is 18.6 Å². The van der Waals surface area contributed by atoms with Crippen LogP contribution in [-0.2, 0) is 0 Å². The Morgan fingerprint density at radius 3 is 2.22 bits per heavy atom. The van der Waals surface area contributed by atoms with Gasteiger partial charge in [0.1, 0.15) is 0 Å². The molecule has 108 valence electrons. The zero-order valence-electron chi connectivity index (χ0n) is 13.1. The summed E-state index contributed by atoms with van der Waals surface area (Å²) < 4.78 is 0. The fourth-order valence-corrected chi connectivity index (χ4v) is 3.51. The lowest BCUT2D eigenvalue weighted by Gasteiger charge is -2.42. The third kappa shape index (κ3) is 3.96. The van der Waals surface area contributed by atoms with Crippen LogP contribution in [0.25, 0.3) is 0 Å². The van der Waals surface area contributed by atoms with Crippen molar-refractivity contribution in [1.82, 2.24) is 10.6 Å². The van der Waals surface area contributed by atoms with Gasteiger partial charge in [0.2, 0.25) is 0 Å². The minimum atomic E-state index is 0.373. The van der Waals surface area contributed by atoms with Crippen LogP contribution in [0.2, 0.25) is 0 Å². The van der Waals surface area contributed by atoms with Crippen molar-refractivity contribution >= 4 is 0 Å². The predicted octanol–water partition coefficient (Wildman–Crippen LogP) is 3.71. The minimum absolute atomic E-state index is 0.373. The molecule has 1 atom stereocenters. The third-order valence-corrected chi connectivity index (χ3v) is 5.21. The van der Waals surface area contributed by atoms with Crippen molar-refractivity contribution in [1.29, 1.82) is 0 Å². The molecule has 0 aliphatic carbocycles. The molecule has 0 bridgehead atoms. The lowest BCUT2D eigenvalue weighted by Crippen LogP contribution is -2.53. The standard InChI is InChI=1S/C16H34N2/c1-5-10-15(11-9-12-17-13-15)14-18-16(6-2,7-3)8-4/h17-18H,5-14H2,1-4H3. The van der Waals surface area contributed by atoms with E-state index in [1.165, 1.54) is 64.6 Å². The molecule has 0 aromatic carbocycles. The Kier molecular flexibility index (Phi) is 6.65. The number of hydrogen-bond donors (Lipinski definition) is 2. The molecule has 0 aromatic heterocycles. The highest BCUT2D eigenvalue weighted by Gasteiger charge is 2.33. The summed E-state index contributed by atoms with van der Waals surface area (Å²) in [6.45, 7) is 12.9. The Bertz CT molecular complexity index is 201. The van der Waals surface area contributed by atoms with Crippen LogP contribution in [0.3, 0.4) is 0 Å². The summed E-state index contributed by atoms with van der Waals surface area (Å²) in [6, 6.07) is 0. The van der Waals surface area contributed by atoms with Gasteiger partial charge in [-0.3, -0.25) is 0 Å². The van der Waals surface area contributed by atoms with Crippen LogP contribution >= 0.6 is 0 Å². The Labute approximate surface area is 114 Å². The molecular formula is C16H34N2. The molecule has 1 fully saturated rings. The quantitative estimate of drug-likeness (QED) is 0.690. The van der Waals surface area contributed by atoms with Crippen molar-refractivity contribution < 1.29 is 0 Å². The number of hydrogen-bond acceptors (Lipinski definition) is 2. The SMILES string of the molecule is CCCC1(CNC(CC)(CC)CC)CCCNC1. The van der Waals surface area contributed by atoms with E-state index in [9.17, 15) is 0 Å². The van der Waals surface area contributed by atoms with Crippen LogP contribution in [0.4, 0.5) is 0 Å². The molecule has 1 heterocycles. The Hall–Kier alpha value is -0.0800. The van der Waals surface area contributed by atoms with E-state index in [0.717, 1.165) is 0 Å². The summed E-state index contributed by atoms with van der Waals surface area (Å²) in [6.07, 6.45) is 9.15. The molecule has 1 unspecified atom stereocenters. The van der Waals surface area contributed by atoms with Crippen LogP contribution in [0.15, 0.2) is 0 Å². The first-order valence-electron chi connectivity index (χ1n) is 8.11. The Balaban J connectivity index is 2.60. The lowest BCUT2D eigenvalue weighted by molar-refractivity contribution is 0.151. The number of piperidine rings is 1. The first-order valence-corrected chi connectivity index (χ1v) is 8.11. The van der Waals surface area contributed by atoms with Crippen molar-refractivity contribution in [3.63, 3.8) is 0 Å². The summed E-state index contributed by atoms with van der Waals surface area (Å²) in [5.41, 5.74) is 0.885. The predicted molar refractivity (Wildman–Crippen MR) is 81.1 cm³/mol. The monoisotopic (exact) mass is 254 g/mol. The van der Waals surface area contributed by atoms with Gasteiger partial charge in [0.05, 0.1) is 0 Å². The van der Waals surface area contributed by atoms with E-state index in [1.807, 2.05) is 0 Å². The first kappa shape index (κ1) is 16.0. The van der Waals surface area contributed by atoms with Crippen molar-refractivity contribution in [3.8, 4) is 0 Å². The zero-order valence-corrected chi connectivity index (χ0v) is 13.1. The van der Waals surface area contributed by atoms with Crippen molar-refractivity contribution in [3.05, 3.63) is 0 Å². The van der Waals surface area contributed by atoms with E-state index in [4.69, 9.17) is 0 Å². The second-order valence-electron chi connectivity index (χ2n) is 6.22. The van der Waals surface area contributed by atoms with Gasteiger partial charge < -0.3 is 10.6 Å². The van der Waals surface area contributed by atoms with Gasteiger partial charge in [0.25, 0.3) is 0 Å². The molecule has 0 spiro atoms. The molecule has 1 saturated heterocycles. The molecule has 0 saturated carbocycles. The van der Waals surface area contributed by atoms with Gasteiger partial charge in [0.15, 0.2) is 0 Å². The molecule has 2 nitrogen and oxygen atoms in total. The van der Waals surface area contributed by atoms with E-state index in [-0.39, 0.29) is 0 Å². The van der Waals surface area contributed by atoms with Gasteiger partial charge in [-0.2, -0.15) is 0 Å². The molecular weight excluding hydrogens is 220 g/mol. The zero-order chi connectivity index (χ0) is 13.5. The van der Waals surface area contributed by atoms with Crippen LogP contribution < -0.4 is 10.6 Å². The first-order chi connectivity index (χ1) is 8.66. The highest BCUT2D eigenvalue weighted by atomic mass is 15.0. The van der Waals surface area contributed by atoms with E-state index < -0.39 is 0 Å². The molecule has 0 aromatic rings. The Morgan fingerprint density at radius 2 is 1.78 bits per heavy atom. The van der Waals surface area contributed by atoms with Gasteiger partial charge in [-0.1, -0.05) is 34.1 Å². The second-order valence-corrected chi connectivity index (χ2v) is 6.22. The third-order valence-electron chi connectivity index (χ3n) is 5.21. The summed E-state index contributed by atoms with van der Waals surface area (Å²) >= 11 is 0. The molecule has 2 heteroatoms. The molecule has 1 rings (SSSR count). The van der Waals surface area contributed by atoms with Gasteiger partial charge in [-0.15, -0.1) is 0 Å². The highest BCUT2D eigenvalue weighted by Crippen LogP contribution is 2.32. The molecule has 2 N–H and O–H groups in total. The summed E-state index contributed by atoms with van der Waals surface area (Å²) in [7, 11) is 0. The van der Waals surface area contributed by atoms with E-state index in [1.54, 1.807) is 0 Å². The van der Waals surface area contributed by atoms with E-state index in [0.29, 0.717) is 11.0 Å². The average molecular weight is 254 g/mol. The molecule has 0 amide bonds.